The van der Waals surface area contributed by atoms with E-state index in [1.165, 1.54) is 0 Å². The smallest absolute Gasteiger partial charge is 0.138 e. The van der Waals surface area contributed by atoms with E-state index in [-0.39, 0.29) is 0 Å². The molecule has 0 radical (unpaired) electrons. The molecule has 2 aromatic carbocycles. The summed E-state index contributed by atoms with van der Waals surface area (Å²) in [4.78, 5) is 7.88. The number of hydrogen-bond acceptors (Lipinski definition) is 3. The number of hydrogen-bond donors (Lipinski definition) is 2. The molecule has 0 aliphatic rings. The number of nitrogens with one attached hydrogen (secondary N) is 1. The summed E-state index contributed by atoms with van der Waals surface area (Å²) in [5.41, 5.74) is 9.71. The fraction of sp³-hybridized carbons (Fsp3) is 0.133. The first kappa shape index (κ1) is 11.7. The van der Waals surface area contributed by atoms with Crippen LogP contribution in [0.1, 0.15) is 5.56 Å². The summed E-state index contributed by atoms with van der Waals surface area (Å²) in [5, 5.41) is 0. The third-order valence-electron chi connectivity index (χ3n) is 3.16. The standard InChI is InChI=1S/C15H15N3O/c1-19-14-7-6-10(8-11(14)9-16)15-17-12-4-2-3-5-13(12)18-15/h2-8H,9,16H2,1H3,(H,17,18). The van der Waals surface area contributed by atoms with Gasteiger partial charge in [-0.1, -0.05) is 12.1 Å². The fourth-order valence-corrected chi connectivity index (χ4v) is 2.17. The first-order valence-corrected chi connectivity index (χ1v) is 6.14. The highest BCUT2D eigenvalue weighted by atomic mass is 16.5. The monoisotopic (exact) mass is 253 g/mol. The van der Waals surface area contributed by atoms with Crippen molar-refractivity contribution in [3.05, 3.63) is 48.0 Å². The number of nitrogens with zero attached hydrogens (tertiary/aromatic N) is 1. The molecule has 0 bridgehead atoms. The van der Waals surface area contributed by atoms with Crippen LogP contribution in [-0.4, -0.2) is 17.1 Å². The van der Waals surface area contributed by atoms with E-state index in [9.17, 15) is 0 Å². The third kappa shape index (κ3) is 2.06. The molecule has 0 aliphatic heterocycles. The van der Waals surface area contributed by atoms with Crippen molar-refractivity contribution in [2.75, 3.05) is 7.11 Å². The Balaban J connectivity index is 2.10. The minimum Gasteiger partial charge on any atom is -0.496 e. The van der Waals surface area contributed by atoms with E-state index >= 15 is 0 Å². The van der Waals surface area contributed by atoms with Crippen molar-refractivity contribution in [3.8, 4) is 17.1 Å². The number of fused-ring (bicyclic) bond motifs is 1. The molecule has 96 valence electrons. The van der Waals surface area contributed by atoms with Crippen molar-refractivity contribution < 1.29 is 4.74 Å². The number of rotatable bonds is 3. The van der Waals surface area contributed by atoms with E-state index in [4.69, 9.17) is 10.5 Å². The average Bonchev–Trinajstić information content (AvgIpc) is 2.90. The van der Waals surface area contributed by atoms with Gasteiger partial charge in [-0.2, -0.15) is 0 Å². The molecular weight excluding hydrogens is 238 g/mol. The first-order valence-electron chi connectivity index (χ1n) is 6.14. The number of nitrogens with two attached hydrogens (primary N) is 1. The molecule has 0 saturated heterocycles. The number of benzene rings is 2. The van der Waals surface area contributed by atoms with Crippen LogP contribution in [0.2, 0.25) is 0 Å². The second-order valence-electron chi connectivity index (χ2n) is 4.33. The van der Waals surface area contributed by atoms with Gasteiger partial charge in [-0.3, -0.25) is 0 Å². The minimum absolute atomic E-state index is 0.442. The molecule has 4 heteroatoms. The van der Waals surface area contributed by atoms with Gasteiger partial charge in [0.2, 0.25) is 0 Å². The van der Waals surface area contributed by atoms with E-state index in [0.717, 1.165) is 33.7 Å². The van der Waals surface area contributed by atoms with Gasteiger partial charge in [0, 0.05) is 17.7 Å². The quantitative estimate of drug-likeness (QED) is 0.754. The number of methoxy groups -OCH3 is 1. The summed E-state index contributed by atoms with van der Waals surface area (Å²) >= 11 is 0. The zero-order valence-corrected chi connectivity index (χ0v) is 10.7. The van der Waals surface area contributed by atoms with Crippen LogP contribution >= 0.6 is 0 Å². The summed E-state index contributed by atoms with van der Waals surface area (Å²) in [6.45, 7) is 0.442. The second kappa shape index (κ2) is 4.74. The fourth-order valence-electron chi connectivity index (χ4n) is 2.17. The first-order chi connectivity index (χ1) is 9.31. The number of H-pyrrole nitrogens is 1. The Hall–Kier alpha value is -2.33. The van der Waals surface area contributed by atoms with Gasteiger partial charge in [-0.25, -0.2) is 4.98 Å². The molecule has 3 aromatic rings. The normalized spacial score (nSPS) is 10.8. The molecule has 1 aromatic heterocycles. The summed E-state index contributed by atoms with van der Waals surface area (Å²) in [5.74, 6) is 1.65. The Bertz CT molecular complexity index is 685. The largest absolute Gasteiger partial charge is 0.496 e. The molecule has 3 N–H and O–H groups in total. The van der Waals surface area contributed by atoms with E-state index in [2.05, 4.69) is 9.97 Å². The number of aromatic amines is 1. The molecule has 0 saturated carbocycles. The van der Waals surface area contributed by atoms with Crippen LogP contribution in [0, 0.1) is 0 Å². The lowest BCUT2D eigenvalue weighted by atomic mass is 10.1. The Labute approximate surface area is 111 Å². The van der Waals surface area contributed by atoms with Crippen molar-refractivity contribution in [1.82, 2.24) is 9.97 Å². The molecule has 0 spiro atoms. The molecular formula is C15H15N3O. The summed E-state index contributed by atoms with van der Waals surface area (Å²) in [6.07, 6.45) is 0. The molecule has 0 fully saturated rings. The van der Waals surface area contributed by atoms with E-state index in [0.29, 0.717) is 6.54 Å². The van der Waals surface area contributed by atoms with Crippen LogP contribution in [0.5, 0.6) is 5.75 Å². The molecule has 1 heterocycles. The topological polar surface area (TPSA) is 63.9 Å². The van der Waals surface area contributed by atoms with Crippen molar-refractivity contribution in [3.63, 3.8) is 0 Å². The second-order valence-corrected chi connectivity index (χ2v) is 4.33. The number of ether oxygens (including phenoxy) is 1. The van der Waals surface area contributed by atoms with Crippen LogP contribution in [0.25, 0.3) is 22.4 Å². The maximum absolute atomic E-state index is 5.74. The Morgan fingerprint density at radius 1 is 1.21 bits per heavy atom. The molecule has 19 heavy (non-hydrogen) atoms. The van der Waals surface area contributed by atoms with Crippen LogP contribution < -0.4 is 10.5 Å². The van der Waals surface area contributed by atoms with Crippen molar-refractivity contribution in [2.45, 2.75) is 6.54 Å². The van der Waals surface area contributed by atoms with Gasteiger partial charge < -0.3 is 15.5 Å². The number of para-hydroxylation sites is 2. The predicted octanol–water partition coefficient (Wildman–Crippen LogP) is 2.70. The van der Waals surface area contributed by atoms with Crippen molar-refractivity contribution in [1.29, 1.82) is 0 Å². The molecule has 4 nitrogen and oxygen atoms in total. The molecule has 0 amide bonds. The zero-order valence-electron chi connectivity index (χ0n) is 10.7. The highest BCUT2D eigenvalue weighted by Gasteiger charge is 2.08. The van der Waals surface area contributed by atoms with E-state index < -0.39 is 0 Å². The summed E-state index contributed by atoms with van der Waals surface area (Å²) in [7, 11) is 1.65. The molecule has 0 aliphatic carbocycles. The number of aromatic nitrogens is 2. The van der Waals surface area contributed by atoms with Crippen LogP contribution in [0.3, 0.4) is 0 Å². The van der Waals surface area contributed by atoms with Gasteiger partial charge in [0.05, 0.1) is 18.1 Å². The summed E-state index contributed by atoms with van der Waals surface area (Å²) in [6, 6.07) is 13.9. The van der Waals surface area contributed by atoms with Crippen LogP contribution in [-0.2, 0) is 6.54 Å². The highest BCUT2D eigenvalue weighted by Crippen LogP contribution is 2.26. The van der Waals surface area contributed by atoms with E-state index in [1.54, 1.807) is 7.11 Å². The van der Waals surface area contributed by atoms with E-state index in [1.807, 2.05) is 42.5 Å². The Kier molecular flexibility index (Phi) is 2.93. The lowest BCUT2D eigenvalue weighted by Crippen LogP contribution is -2.00. The van der Waals surface area contributed by atoms with Crippen molar-refractivity contribution in [2.24, 2.45) is 5.73 Å². The lowest BCUT2D eigenvalue weighted by Gasteiger charge is -2.07. The van der Waals surface area contributed by atoms with Crippen LogP contribution in [0.15, 0.2) is 42.5 Å². The Morgan fingerprint density at radius 3 is 2.79 bits per heavy atom. The SMILES string of the molecule is COc1ccc(-c2nc3ccccc3[nH]2)cc1CN. The maximum atomic E-state index is 5.74. The molecule has 3 rings (SSSR count). The Morgan fingerprint density at radius 2 is 2.05 bits per heavy atom. The third-order valence-corrected chi connectivity index (χ3v) is 3.16. The maximum Gasteiger partial charge on any atom is 0.138 e. The van der Waals surface area contributed by atoms with Gasteiger partial charge >= 0.3 is 0 Å². The highest BCUT2D eigenvalue weighted by molar-refractivity contribution is 5.79. The molecule has 0 atom stereocenters. The van der Waals surface area contributed by atoms with Gasteiger partial charge in [0.1, 0.15) is 11.6 Å². The van der Waals surface area contributed by atoms with Crippen molar-refractivity contribution >= 4 is 11.0 Å². The van der Waals surface area contributed by atoms with Gasteiger partial charge in [-0.05, 0) is 30.3 Å². The van der Waals surface area contributed by atoms with Gasteiger partial charge in [0.25, 0.3) is 0 Å². The molecule has 0 unspecified atom stereocenters. The average molecular weight is 253 g/mol. The zero-order chi connectivity index (χ0) is 13.2. The summed E-state index contributed by atoms with van der Waals surface area (Å²) < 4.78 is 5.28. The van der Waals surface area contributed by atoms with Gasteiger partial charge in [-0.15, -0.1) is 0 Å². The van der Waals surface area contributed by atoms with Crippen LogP contribution in [0.4, 0.5) is 0 Å². The predicted molar refractivity (Wildman–Crippen MR) is 76.0 cm³/mol. The minimum atomic E-state index is 0.442. The lowest BCUT2D eigenvalue weighted by molar-refractivity contribution is 0.410. The van der Waals surface area contributed by atoms with Gasteiger partial charge in [0.15, 0.2) is 0 Å². The number of imidazole rings is 1.